The van der Waals surface area contributed by atoms with Crippen LogP contribution in [-0.4, -0.2) is 17.6 Å². The first kappa shape index (κ1) is 28.0. The first-order valence-electron chi connectivity index (χ1n) is 11.8. The van der Waals surface area contributed by atoms with Gasteiger partial charge in [-0.2, -0.15) is 0 Å². The van der Waals surface area contributed by atoms with Crippen LogP contribution in [0, 0.1) is 18.3 Å². The number of hydrogen-bond acceptors (Lipinski definition) is 2. The monoisotopic (exact) mass is 447 g/mol. The second kappa shape index (κ2) is 13.5. The number of carboxylic acid groups (broad SMARTS) is 1. The van der Waals surface area contributed by atoms with E-state index in [9.17, 15) is 0 Å². The topological polar surface area (TPSA) is 40.5 Å². The predicted octanol–water partition coefficient (Wildman–Crippen LogP) is 8.44. The smallest absolute Gasteiger partial charge is 0.300 e. The zero-order valence-corrected chi connectivity index (χ0v) is 21.6. The highest BCUT2D eigenvalue weighted by atomic mass is 16.4. The van der Waals surface area contributed by atoms with Crippen molar-refractivity contribution in [3.8, 4) is 0 Å². The highest BCUT2D eigenvalue weighted by molar-refractivity contribution is 5.78. The minimum atomic E-state index is -0.833. The van der Waals surface area contributed by atoms with Crippen LogP contribution in [0.1, 0.15) is 59.6 Å². The Bertz CT molecular complexity index is 962. The van der Waals surface area contributed by atoms with Crippen LogP contribution in [0.4, 0.5) is 11.4 Å². The lowest BCUT2D eigenvalue weighted by Gasteiger charge is -2.29. The molecule has 0 amide bonds. The maximum atomic E-state index is 9.00. The molecule has 33 heavy (non-hydrogen) atoms. The highest BCUT2D eigenvalue weighted by Gasteiger charge is 2.15. The molecule has 3 nitrogen and oxygen atoms in total. The molecule has 0 heterocycles. The van der Waals surface area contributed by atoms with Gasteiger partial charge in [-0.3, -0.25) is 4.79 Å². The van der Waals surface area contributed by atoms with Gasteiger partial charge in [0.05, 0.1) is 0 Å². The molecule has 178 valence electrons. The number of allylic oxidation sites excluding steroid dienone is 6. The van der Waals surface area contributed by atoms with E-state index in [1.54, 1.807) is 0 Å². The minimum absolute atomic E-state index is 0.106. The summed E-state index contributed by atoms with van der Waals surface area (Å²) in [5, 5.41) is 7.42. The fourth-order valence-corrected chi connectivity index (χ4v) is 3.46. The third-order valence-corrected chi connectivity index (χ3v) is 4.93. The summed E-state index contributed by atoms with van der Waals surface area (Å²) in [6, 6.07) is 17.5. The maximum absolute atomic E-state index is 9.00. The summed E-state index contributed by atoms with van der Waals surface area (Å²) < 4.78 is 0. The van der Waals surface area contributed by atoms with Gasteiger partial charge < -0.3 is 10.0 Å². The maximum Gasteiger partial charge on any atom is 0.300 e. The molecule has 0 unspecified atom stereocenters. The number of rotatable bonds is 5. The molecule has 0 atom stereocenters. The first-order valence-corrected chi connectivity index (χ1v) is 11.8. The average molecular weight is 448 g/mol. The van der Waals surface area contributed by atoms with Crippen molar-refractivity contribution in [3.05, 3.63) is 90.0 Å². The fraction of sp³-hybridized carbons (Fsp3) is 0.367. The van der Waals surface area contributed by atoms with Gasteiger partial charge in [0.2, 0.25) is 0 Å². The summed E-state index contributed by atoms with van der Waals surface area (Å²) in [5.74, 6) is -0.246. The lowest BCUT2D eigenvalue weighted by molar-refractivity contribution is -0.134. The van der Waals surface area contributed by atoms with Crippen LogP contribution >= 0.6 is 0 Å². The first-order chi connectivity index (χ1) is 15.6. The van der Waals surface area contributed by atoms with Crippen molar-refractivity contribution < 1.29 is 9.90 Å². The normalized spacial score (nSPS) is 13.7. The van der Waals surface area contributed by atoms with E-state index in [0.29, 0.717) is 5.92 Å². The van der Waals surface area contributed by atoms with Crippen LogP contribution in [0.3, 0.4) is 0 Å². The van der Waals surface area contributed by atoms with Crippen LogP contribution in [0.2, 0.25) is 0 Å². The largest absolute Gasteiger partial charge is 0.481 e. The molecule has 2 aromatic carbocycles. The summed E-state index contributed by atoms with van der Waals surface area (Å²) in [7, 11) is 0. The molecule has 2 aromatic rings. The summed E-state index contributed by atoms with van der Waals surface area (Å²) in [6.07, 6.45) is 11.2. The van der Waals surface area contributed by atoms with Crippen LogP contribution < -0.4 is 4.90 Å². The standard InChI is InChI=1S/C26H31N.C2H4O2.C2H6/c1-20(2)19-27(24-11-7-6-8-12-24)25-14-13-23(18-21(25)3)22-10-9-16-26(4,5)17-15-22;1-2(3)4;1-2/h6-18,20H,19H2,1-5H3;1H3,(H,3,4);1-2H3. The molecule has 0 spiro atoms. The zero-order chi connectivity index (χ0) is 25.0. The number of hydrogen-bond donors (Lipinski definition) is 1. The number of benzene rings is 2. The van der Waals surface area contributed by atoms with Crippen molar-refractivity contribution in [1.82, 2.24) is 0 Å². The van der Waals surface area contributed by atoms with E-state index in [0.717, 1.165) is 13.5 Å². The van der Waals surface area contributed by atoms with Crippen molar-refractivity contribution in [3.63, 3.8) is 0 Å². The van der Waals surface area contributed by atoms with Crippen molar-refractivity contribution in [1.29, 1.82) is 0 Å². The van der Waals surface area contributed by atoms with Gasteiger partial charge in [0.1, 0.15) is 0 Å². The van der Waals surface area contributed by atoms with Crippen LogP contribution in [0.5, 0.6) is 0 Å². The second-order valence-electron chi connectivity index (χ2n) is 9.00. The second-order valence-corrected chi connectivity index (χ2v) is 9.00. The Morgan fingerprint density at radius 1 is 1.03 bits per heavy atom. The Morgan fingerprint density at radius 2 is 1.64 bits per heavy atom. The third-order valence-electron chi connectivity index (χ3n) is 4.93. The molecule has 1 aliphatic rings. The van der Waals surface area contributed by atoms with Gasteiger partial charge in [0, 0.05) is 30.3 Å². The zero-order valence-electron chi connectivity index (χ0n) is 21.6. The number of nitrogens with zero attached hydrogens (tertiary/aromatic N) is 1. The molecular formula is C30H41NO2. The third kappa shape index (κ3) is 9.53. The number of carboxylic acids is 1. The van der Waals surface area contributed by atoms with Gasteiger partial charge >= 0.3 is 0 Å². The van der Waals surface area contributed by atoms with Crippen molar-refractivity contribution in [2.24, 2.45) is 11.3 Å². The lowest BCUT2D eigenvalue weighted by Crippen LogP contribution is -2.23. The Kier molecular flexibility index (Phi) is 11.4. The highest BCUT2D eigenvalue weighted by Crippen LogP contribution is 2.33. The van der Waals surface area contributed by atoms with Gasteiger partial charge in [-0.15, -0.1) is 0 Å². The molecule has 0 saturated carbocycles. The van der Waals surface area contributed by atoms with Gasteiger partial charge in [-0.25, -0.2) is 0 Å². The number of carbonyl (C=O) groups is 1. The van der Waals surface area contributed by atoms with Crippen LogP contribution in [0.15, 0.2) is 78.9 Å². The molecule has 0 fully saturated rings. The van der Waals surface area contributed by atoms with E-state index in [1.165, 1.54) is 28.1 Å². The predicted molar refractivity (Wildman–Crippen MR) is 144 cm³/mol. The Hall–Kier alpha value is -3.07. The quantitative estimate of drug-likeness (QED) is 0.500. The molecule has 0 aliphatic heterocycles. The Morgan fingerprint density at radius 3 is 2.18 bits per heavy atom. The van der Waals surface area contributed by atoms with Crippen molar-refractivity contribution in [2.45, 2.75) is 55.4 Å². The van der Waals surface area contributed by atoms with E-state index < -0.39 is 5.97 Å². The van der Waals surface area contributed by atoms with Gasteiger partial charge in [-0.1, -0.05) is 96.2 Å². The Balaban J connectivity index is 0.000000820. The number of anilines is 2. The molecule has 3 rings (SSSR count). The molecule has 0 radical (unpaired) electrons. The minimum Gasteiger partial charge on any atom is -0.481 e. The van der Waals surface area contributed by atoms with E-state index in [1.807, 2.05) is 13.8 Å². The molecule has 0 bridgehead atoms. The molecule has 0 aromatic heterocycles. The van der Waals surface area contributed by atoms with Gasteiger partial charge in [0.25, 0.3) is 5.97 Å². The SMILES string of the molecule is CC.CC(=O)O.Cc1cc(C2=CC=CC(C)(C)C=C2)ccc1N(CC(C)C)c1ccccc1. The molecule has 3 heteroatoms. The van der Waals surface area contributed by atoms with Gasteiger partial charge in [-0.05, 0) is 53.8 Å². The molecule has 1 N–H and O–H groups in total. The summed E-state index contributed by atoms with van der Waals surface area (Å²) in [5.41, 5.74) is 6.48. The number of aliphatic carboxylic acids is 1. The van der Waals surface area contributed by atoms with Gasteiger partial charge in [0.15, 0.2) is 0 Å². The molecular weight excluding hydrogens is 406 g/mol. The van der Waals surface area contributed by atoms with E-state index in [4.69, 9.17) is 9.90 Å². The molecule has 0 saturated heterocycles. The Labute approximate surface area is 201 Å². The molecule has 1 aliphatic carbocycles. The summed E-state index contributed by atoms with van der Waals surface area (Å²) in [6.45, 7) is 17.3. The number of aryl methyl sites for hydroxylation is 1. The van der Waals surface area contributed by atoms with Crippen LogP contribution in [0.25, 0.3) is 5.57 Å². The van der Waals surface area contributed by atoms with E-state index in [-0.39, 0.29) is 5.41 Å². The summed E-state index contributed by atoms with van der Waals surface area (Å²) in [4.78, 5) is 11.4. The summed E-state index contributed by atoms with van der Waals surface area (Å²) >= 11 is 0. The van der Waals surface area contributed by atoms with Crippen LogP contribution in [-0.2, 0) is 4.79 Å². The lowest BCUT2D eigenvalue weighted by atomic mass is 9.92. The average Bonchev–Trinajstić information content (AvgIpc) is 2.94. The number of para-hydroxylation sites is 1. The van der Waals surface area contributed by atoms with E-state index >= 15 is 0 Å². The van der Waals surface area contributed by atoms with Crippen molar-refractivity contribution >= 4 is 22.9 Å². The fourth-order valence-electron chi connectivity index (χ4n) is 3.46. The van der Waals surface area contributed by atoms with E-state index in [2.05, 4.69) is 118 Å². The van der Waals surface area contributed by atoms with Crippen molar-refractivity contribution in [2.75, 3.05) is 11.4 Å².